The second kappa shape index (κ2) is 10.9. The first-order chi connectivity index (χ1) is 20.2. The minimum Gasteiger partial charge on any atom is -0.453 e. The molecule has 0 spiro atoms. The van der Waals surface area contributed by atoms with Crippen molar-refractivity contribution in [2.45, 2.75) is 52.2 Å². The lowest BCUT2D eigenvalue weighted by Gasteiger charge is -2.35. The maximum Gasteiger partial charge on any atom is 0.494 e. The van der Waals surface area contributed by atoms with Crippen LogP contribution < -0.4 is 20.0 Å². The second-order valence-corrected chi connectivity index (χ2v) is 11.7. The second-order valence-electron chi connectivity index (χ2n) is 11.7. The number of benzene rings is 4. The van der Waals surface area contributed by atoms with E-state index in [-0.39, 0.29) is 0 Å². The molecule has 2 heterocycles. The molecule has 0 amide bonds. The summed E-state index contributed by atoms with van der Waals surface area (Å²) in [6, 6.07) is 35.6. The Kier molecular flexibility index (Phi) is 7.21. The molecule has 2 aliphatic rings. The molecule has 42 heavy (non-hydrogen) atoms. The SMILES string of the molecule is C=C1/C(=C\CC)Oc2cc(B3OC(C)(C)C(C)(C)O3)ccc2N1c1ccc(N(c2ccccc2)c2ccccc2)cc1. The fourth-order valence-electron chi connectivity index (χ4n) is 5.35. The number of hydrogen-bond donors (Lipinski definition) is 0. The van der Waals surface area contributed by atoms with Crippen molar-refractivity contribution in [3.63, 3.8) is 0 Å². The van der Waals surface area contributed by atoms with E-state index in [1.807, 2.05) is 18.2 Å². The van der Waals surface area contributed by atoms with Gasteiger partial charge in [0.05, 0.1) is 22.6 Å². The summed E-state index contributed by atoms with van der Waals surface area (Å²) in [6.45, 7) is 14.8. The van der Waals surface area contributed by atoms with Crippen LogP contribution in [0, 0.1) is 0 Å². The largest absolute Gasteiger partial charge is 0.494 e. The lowest BCUT2D eigenvalue weighted by Crippen LogP contribution is -2.41. The van der Waals surface area contributed by atoms with Gasteiger partial charge in [-0.1, -0.05) is 56.0 Å². The Morgan fingerprint density at radius 1 is 0.762 bits per heavy atom. The molecule has 1 saturated heterocycles. The molecule has 0 unspecified atom stereocenters. The maximum atomic E-state index is 6.42. The summed E-state index contributed by atoms with van der Waals surface area (Å²) in [4.78, 5) is 4.42. The van der Waals surface area contributed by atoms with E-state index < -0.39 is 18.3 Å². The van der Waals surface area contributed by atoms with Crippen molar-refractivity contribution in [3.8, 4) is 5.75 Å². The normalized spacial score (nSPS) is 18.1. The lowest BCUT2D eigenvalue weighted by molar-refractivity contribution is 0.00578. The third kappa shape index (κ3) is 5.02. The number of fused-ring (bicyclic) bond motifs is 1. The molecule has 5 nitrogen and oxygen atoms in total. The first kappa shape index (κ1) is 27.9. The molecule has 0 atom stereocenters. The molecule has 6 heteroatoms. The highest BCUT2D eigenvalue weighted by atomic mass is 16.7. The van der Waals surface area contributed by atoms with E-state index in [4.69, 9.17) is 14.0 Å². The Labute approximate surface area is 249 Å². The third-order valence-electron chi connectivity index (χ3n) is 8.31. The van der Waals surface area contributed by atoms with Crippen LogP contribution in [0.4, 0.5) is 28.4 Å². The van der Waals surface area contributed by atoms with Gasteiger partial charge in [0.2, 0.25) is 0 Å². The number of allylic oxidation sites excluding steroid dienone is 1. The van der Waals surface area contributed by atoms with Crippen molar-refractivity contribution in [1.82, 2.24) is 0 Å². The molecule has 0 aliphatic carbocycles. The molecule has 4 aromatic carbocycles. The third-order valence-corrected chi connectivity index (χ3v) is 8.31. The van der Waals surface area contributed by atoms with E-state index in [1.165, 1.54) is 0 Å². The Morgan fingerprint density at radius 2 is 1.31 bits per heavy atom. The minimum atomic E-state index is -0.470. The molecule has 1 fully saturated rings. The monoisotopic (exact) mass is 556 g/mol. The van der Waals surface area contributed by atoms with Gasteiger partial charge in [-0.2, -0.15) is 0 Å². The van der Waals surface area contributed by atoms with Crippen LogP contribution in [0.2, 0.25) is 0 Å². The summed E-state index contributed by atoms with van der Waals surface area (Å²) in [6.07, 6.45) is 2.90. The van der Waals surface area contributed by atoms with Crippen LogP contribution in [0.5, 0.6) is 5.75 Å². The van der Waals surface area contributed by atoms with E-state index in [1.54, 1.807) is 0 Å². The van der Waals surface area contributed by atoms with Crippen molar-refractivity contribution in [3.05, 3.63) is 127 Å². The van der Waals surface area contributed by atoms with Crippen molar-refractivity contribution in [2.24, 2.45) is 0 Å². The van der Waals surface area contributed by atoms with Gasteiger partial charge in [0.1, 0.15) is 5.76 Å². The van der Waals surface area contributed by atoms with Crippen LogP contribution in [-0.2, 0) is 9.31 Å². The van der Waals surface area contributed by atoms with Crippen molar-refractivity contribution >= 4 is 41.0 Å². The molecule has 212 valence electrons. The fourth-order valence-corrected chi connectivity index (χ4v) is 5.35. The summed E-state index contributed by atoms with van der Waals surface area (Å²) in [7, 11) is -0.470. The topological polar surface area (TPSA) is 34.2 Å². The molecule has 0 saturated carbocycles. The zero-order chi connectivity index (χ0) is 29.5. The van der Waals surface area contributed by atoms with Gasteiger partial charge >= 0.3 is 7.12 Å². The van der Waals surface area contributed by atoms with Crippen molar-refractivity contribution < 1.29 is 14.0 Å². The highest BCUT2D eigenvalue weighted by molar-refractivity contribution is 6.62. The Balaban J connectivity index is 1.37. The molecule has 4 aromatic rings. The predicted molar refractivity (Wildman–Crippen MR) is 174 cm³/mol. The Bertz CT molecular complexity index is 1560. The Morgan fingerprint density at radius 3 is 1.86 bits per heavy atom. The van der Waals surface area contributed by atoms with Gasteiger partial charge in [-0.15, -0.1) is 0 Å². The number of anilines is 5. The molecule has 0 aromatic heterocycles. The molecular weight excluding hydrogens is 519 g/mol. The molecule has 6 rings (SSSR count). The first-order valence-electron chi connectivity index (χ1n) is 14.6. The quantitative estimate of drug-likeness (QED) is 0.222. The number of hydrogen-bond acceptors (Lipinski definition) is 5. The van der Waals surface area contributed by atoms with Gasteiger partial charge < -0.3 is 23.8 Å². The van der Waals surface area contributed by atoms with Gasteiger partial charge in [0.25, 0.3) is 0 Å². The summed E-state index contributed by atoms with van der Waals surface area (Å²) >= 11 is 0. The van der Waals surface area contributed by atoms with Crippen LogP contribution in [0.3, 0.4) is 0 Å². The lowest BCUT2D eigenvalue weighted by atomic mass is 9.78. The van der Waals surface area contributed by atoms with E-state index in [0.29, 0.717) is 0 Å². The van der Waals surface area contributed by atoms with Gasteiger partial charge in [-0.3, -0.25) is 0 Å². The van der Waals surface area contributed by atoms with E-state index in [0.717, 1.165) is 57.5 Å². The molecule has 0 N–H and O–H groups in total. The van der Waals surface area contributed by atoms with E-state index in [9.17, 15) is 0 Å². The smallest absolute Gasteiger partial charge is 0.453 e. The van der Waals surface area contributed by atoms with Gasteiger partial charge in [0.15, 0.2) is 5.75 Å². The van der Waals surface area contributed by atoms with Crippen LogP contribution >= 0.6 is 0 Å². The molecule has 2 aliphatic heterocycles. The summed E-state index contributed by atoms with van der Waals surface area (Å²) < 4.78 is 19.1. The number of para-hydroxylation sites is 2. The minimum absolute atomic E-state index is 0.419. The summed E-state index contributed by atoms with van der Waals surface area (Å²) in [5.74, 6) is 1.49. The van der Waals surface area contributed by atoms with Crippen molar-refractivity contribution in [1.29, 1.82) is 0 Å². The fraction of sp³-hybridized carbons (Fsp3) is 0.222. The highest BCUT2D eigenvalue weighted by Gasteiger charge is 2.52. The molecule has 0 bridgehead atoms. The standard InChI is InChI=1S/C36H37BN2O3/c1-7-14-33-26(2)38(32-24-19-27(25-34(32)40-33)37-41-35(3,4)36(5,6)42-37)30-20-22-31(23-21-30)39(28-15-10-8-11-16-28)29-17-12-9-13-18-29/h8-25H,2,7H2,1,3-6H3/b33-14+. The number of ether oxygens (including phenoxy) is 1. The van der Waals surface area contributed by atoms with E-state index >= 15 is 0 Å². The average Bonchev–Trinajstić information content (AvgIpc) is 3.21. The predicted octanol–water partition coefficient (Wildman–Crippen LogP) is 8.79. The van der Waals surface area contributed by atoms with Crippen LogP contribution in [0.1, 0.15) is 41.0 Å². The molecule has 0 radical (unpaired) electrons. The summed E-state index contributed by atoms with van der Waals surface area (Å²) in [5, 5.41) is 0. The average molecular weight is 557 g/mol. The van der Waals surface area contributed by atoms with Gasteiger partial charge in [-0.25, -0.2) is 0 Å². The highest BCUT2D eigenvalue weighted by Crippen LogP contribution is 2.45. The van der Waals surface area contributed by atoms with E-state index in [2.05, 4.69) is 142 Å². The van der Waals surface area contributed by atoms with Crippen molar-refractivity contribution in [2.75, 3.05) is 9.80 Å². The first-order valence-corrected chi connectivity index (χ1v) is 14.6. The number of nitrogens with zero attached hydrogens (tertiary/aromatic N) is 2. The van der Waals surface area contributed by atoms with Gasteiger partial charge in [0, 0.05) is 22.7 Å². The maximum absolute atomic E-state index is 6.42. The van der Waals surface area contributed by atoms with Gasteiger partial charge in [-0.05, 0) is 106 Å². The van der Waals surface area contributed by atoms with Crippen LogP contribution in [0.15, 0.2) is 127 Å². The molecular formula is C36H37BN2O3. The van der Waals surface area contributed by atoms with Crippen LogP contribution in [-0.4, -0.2) is 18.3 Å². The Hall–Kier alpha value is -4.26. The zero-order valence-electron chi connectivity index (χ0n) is 25.0. The summed E-state index contributed by atoms with van der Waals surface area (Å²) in [5.41, 5.74) is 6.06. The zero-order valence-corrected chi connectivity index (χ0v) is 25.0. The number of rotatable bonds is 6. The van der Waals surface area contributed by atoms with Crippen LogP contribution in [0.25, 0.3) is 0 Å².